The lowest BCUT2D eigenvalue weighted by Gasteiger charge is -2.02. The predicted octanol–water partition coefficient (Wildman–Crippen LogP) is 1.72. The van der Waals surface area contributed by atoms with E-state index in [0.29, 0.717) is 6.04 Å². The Balaban J connectivity index is 3.60. The molecule has 0 aromatic carbocycles. The van der Waals surface area contributed by atoms with Crippen LogP contribution in [0.3, 0.4) is 0 Å². The number of nitrogens with two attached hydrogens (primary N) is 1. The highest BCUT2D eigenvalue weighted by Gasteiger charge is 1.95. The zero-order valence-electron chi connectivity index (χ0n) is 6.75. The van der Waals surface area contributed by atoms with Crippen molar-refractivity contribution in [1.29, 1.82) is 0 Å². The van der Waals surface area contributed by atoms with Gasteiger partial charge in [0.1, 0.15) is 0 Å². The van der Waals surface area contributed by atoms with Crippen LogP contribution in [0.15, 0.2) is 17.3 Å². The maximum absolute atomic E-state index is 5.13. The summed E-state index contributed by atoms with van der Waals surface area (Å²) in [6.45, 7) is 4.27. The van der Waals surface area contributed by atoms with Crippen LogP contribution < -0.4 is 5.73 Å². The second kappa shape index (κ2) is 6.33. The molecular weight excluding hydrogens is 124 g/mol. The van der Waals surface area contributed by atoms with Gasteiger partial charge in [-0.3, -0.25) is 4.99 Å². The summed E-state index contributed by atoms with van der Waals surface area (Å²) in [5.41, 5.74) is 5.13. The topological polar surface area (TPSA) is 38.4 Å². The van der Waals surface area contributed by atoms with Gasteiger partial charge >= 0.3 is 0 Å². The first kappa shape index (κ1) is 9.21. The van der Waals surface area contributed by atoms with Crippen molar-refractivity contribution in [2.45, 2.75) is 32.7 Å². The molecule has 0 aromatic rings. The minimum atomic E-state index is 0.469. The van der Waals surface area contributed by atoms with E-state index < -0.39 is 0 Å². The molecule has 2 heteroatoms. The summed E-state index contributed by atoms with van der Waals surface area (Å²) in [6.07, 6.45) is 7.21. The minimum Gasteiger partial charge on any atom is -0.405 e. The molecule has 0 aliphatic heterocycles. The van der Waals surface area contributed by atoms with E-state index in [9.17, 15) is 0 Å². The number of aliphatic imine (C=N–C) groups is 1. The molecule has 0 aromatic heterocycles. The molecule has 0 aliphatic carbocycles. The van der Waals surface area contributed by atoms with E-state index in [1.807, 2.05) is 0 Å². The molecule has 0 aliphatic rings. The second-order valence-electron chi connectivity index (χ2n) is 2.15. The Morgan fingerprint density at radius 1 is 1.40 bits per heavy atom. The quantitative estimate of drug-likeness (QED) is 0.593. The normalized spacial score (nSPS) is 12.3. The van der Waals surface area contributed by atoms with E-state index in [-0.39, 0.29) is 0 Å². The van der Waals surface area contributed by atoms with Gasteiger partial charge in [-0.25, -0.2) is 0 Å². The number of nitrogens with zero attached hydrogens (tertiary/aromatic N) is 1. The van der Waals surface area contributed by atoms with Gasteiger partial charge in [0.2, 0.25) is 0 Å². The van der Waals surface area contributed by atoms with Gasteiger partial charge in [0.15, 0.2) is 0 Å². The molecule has 0 unspecified atom stereocenters. The van der Waals surface area contributed by atoms with Crippen molar-refractivity contribution in [3.8, 4) is 0 Å². The highest BCUT2D eigenvalue weighted by molar-refractivity contribution is 5.70. The maximum Gasteiger partial charge on any atom is 0.0494 e. The summed E-state index contributed by atoms with van der Waals surface area (Å²) >= 11 is 0. The van der Waals surface area contributed by atoms with Gasteiger partial charge in [-0.15, -0.1) is 0 Å². The fourth-order valence-corrected chi connectivity index (χ4v) is 0.721. The molecule has 0 atom stereocenters. The van der Waals surface area contributed by atoms with E-state index in [0.717, 1.165) is 12.8 Å². The van der Waals surface area contributed by atoms with Crippen molar-refractivity contribution < 1.29 is 0 Å². The summed E-state index contributed by atoms with van der Waals surface area (Å²) in [5, 5.41) is 0. The van der Waals surface area contributed by atoms with Crippen LogP contribution in [-0.2, 0) is 0 Å². The lowest BCUT2D eigenvalue weighted by molar-refractivity contribution is 0.634. The third-order valence-corrected chi connectivity index (χ3v) is 1.44. The fourth-order valence-electron chi connectivity index (χ4n) is 0.721. The predicted molar refractivity (Wildman–Crippen MR) is 46.2 cm³/mol. The molecule has 0 amide bonds. The Morgan fingerprint density at radius 3 is 2.40 bits per heavy atom. The lowest BCUT2D eigenvalue weighted by atomic mass is 10.2. The molecular formula is C8H16N2. The lowest BCUT2D eigenvalue weighted by Crippen LogP contribution is -1.99. The average Bonchev–Trinajstić information content (AvgIpc) is 1.99. The summed E-state index contributed by atoms with van der Waals surface area (Å²) in [6, 6.07) is 0.469. The Hall–Kier alpha value is -0.790. The average molecular weight is 140 g/mol. The van der Waals surface area contributed by atoms with Crippen LogP contribution in [-0.4, -0.2) is 12.3 Å². The zero-order chi connectivity index (χ0) is 7.82. The molecule has 0 heterocycles. The first-order valence-corrected chi connectivity index (χ1v) is 3.75. The number of allylic oxidation sites excluding steroid dienone is 1. The second-order valence-corrected chi connectivity index (χ2v) is 2.15. The van der Waals surface area contributed by atoms with Gasteiger partial charge in [-0.2, -0.15) is 0 Å². The van der Waals surface area contributed by atoms with Crippen LogP contribution in [0.4, 0.5) is 0 Å². The van der Waals surface area contributed by atoms with Crippen LogP contribution in [0.25, 0.3) is 0 Å². The third-order valence-electron chi connectivity index (χ3n) is 1.44. The molecule has 58 valence electrons. The van der Waals surface area contributed by atoms with E-state index in [1.54, 1.807) is 12.3 Å². The molecule has 0 spiro atoms. The monoisotopic (exact) mass is 140 g/mol. The summed E-state index contributed by atoms with van der Waals surface area (Å²) in [7, 11) is 0. The van der Waals surface area contributed by atoms with E-state index in [2.05, 4.69) is 18.8 Å². The van der Waals surface area contributed by atoms with Gasteiger partial charge in [-0.05, 0) is 25.1 Å². The molecule has 10 heavy (non-hydrogen) atoms. The zero-order valence-corrected chi connectivity index (χ0v) is 6.75. The fraction of sp³-hybridized carbons (Fsp3) is 0.625. The van der Waals surface area contributed by atoms with Crippen molar-refractivity contribution in [3.63, 3.8) is 0 Å². The Labute approximate surface area is 62.8 Å². The molecule has 0 fully saturated rings. The maximum atomic E-state index is 5.13. The van der Waals surface area contributed by atoms with Crippen molar-refractivity contribution in [3.05, 3.63) is 12.3 Å². The molecule has 0 rings (SSSR count). The van der Waals surface area contributed by atoms with Gasteiger partial charge < -0.3 is 5.73 Å². The highest BCUT2D eigenvalue weighted by atomic mass is 14.8. The van der Waals surface area contributed by atoms with Gasteiger partial charge in [0, 0.05) is 12.3 Å². The van der Waals surface area contributed by atoms with Crippen LogP contribution in [0.2, 0.25) is 0 Å². The Kier molecular flexibility index (Phi) is 5.83. The van der Waals surface area contributed by atoms with Crippen LogP contribution in [0.5, 0.6) is 0 Å². The van der Waals surface area contributed by atoms with Gasteiger partial charge in [0.05, 0.1) is 0 Å². The molecule has 0 saturated carbocycles. The van der Waals surface area contributed by atoms with Crippen molar-refractivity contribution in [1.82, 2.24) is 0 Å². The number of hydrogen-bond acceptors (Lipinski definition) is 2. The standard InChI is InChI=1S/C8H16N2/c1-3-8(4-2)10-7-5-6-9/h5-8H,3-4,9H2,1-2H3/b6-5-,10-7?. The van der Waals surface area contributed by atoms with Crippen LogP contribution >= 0.6 is 0 Å². The third kappa shape index (κ3) is 4.13. The van der Waals surface area contributed by atoms with Crippen molar-refractivity contribution in [2.24, 2.45) is 10.7 Å². The van der Waals surface area contributed by atoms with Crippen molar-refractivity contribution >= 4 is 6.21 Å². The first-order valence-electron chi connectivity index (χ1n) is 3.75. The summed E-state index contributed by atoms with van der Waals surface area (Å²) < 4.78 is 0. The van der Waals surface area contributed by atoms with E-state index in [1.165, 1.54) is 6.20 Å². The molecule has 0 saturated heterocycles. The molecule has 0 radical (unpaired) electrons. The van der Waals surface area contributed by atoms with E-state index in [4.69, 9.17) is 5.73 Å². The minimum absolute atomic E-state index is 0.469. The Bertz CT molecular complexity index is 112. The number of rotatable bonds is 4. The van der Waals surface area contributed by atoms with Gasteiger partial charge in [0.25, 0.3) is 0 Å². The molecule has 0 bridgehead atoms. The summed E-state index contributed by atoms with van der Waals surface area (Å²) in [4.78, 5) is 4.26. The molecule has 2 N–H and O–H groups in total. The van der Waals surface area contributed by atoms with Gasteiger partial charge in [-0.1, -0.05) is 13.8 Å². The Morgan fingerprint density at radius 2 is 2.00 bits per heavy atom. The SMILES string of the molecule is CCC(CC)N=C/C=C\N. The smallest absolute Gasteiger partial charge is 0.0494 e. The molecule has 2 nitrogen and oxygen atoms in total. The summed E-state index contributed by atoms with van der Waals surface area (Å²) in [5.74, 6) is 0. The van der Waals surface area contributed by atoms with Crippen LogP contribution in [0, 0.1) is 0 Å². The first-order chi connectivity index (χ1) is 4.85. The van der Waals surface area contributed by atoms with Crippen LogP contribution in [0.1, 0.15) is 26.7 Å². The van der Waals surface area contributed by atoms with E-state index >= 15 is 0 Å². The number of hydrogen-bond donors (Lipinski definition) is 1. The van der Waals surface area contributed by atoms with Crippen molar-refractivity contribution in [2.75, 3.05) is 0 Å². The highest BCUT2D eigenvalue weighted by Crippen LogP contribution is 2.00. The largest absolute Gasteiger partial charge is 0.405 e.